The first-order valence-corrected chi connectivity index (χ1v) is 27.5. The molecule has 0 bridgehead atoms. The van der Waals surface area contributed by atoms with Crippen molar-refractivity contribution >= 4 is 40.1 Å². The summed E-state index contributed by atoms with van der Waals surface area (Å²) in [5.74, 6) is 0. The van der Waals surface area contributed by atoms with Crippen LogP contribution < -0.4 is 9.44 Å². The molecule has 4 aliphatic rings. The molecule has 8 rings (SSSR count). The van der Waals surface area contributed by atoms with Gasteiger partial charge in [0, 0.05) is 66.6 Å². The van der Waals surface area contributed by atoms with E-state index in [9.17, 15) is 33.7 Å². The molecule has 0 aliphatic carbocycles. The fourth-order valence-corrected chi connectivity index (χ4v) is 14.9. The summed E-state index contributed by atoms with van der Waals surface area (Å²) in [6.07, 6.45) is -5.26. The van der Waals surface area contributed by atoms with Crippen molar-refractivity contribution in [1.29, 1.82) is 0 Å². The first kappa shape index (κ1) is 48.7. The number of ether oxygens (including phenoxy) is 2. The van der Waals surface area contributed by atoms with Gasteiger partial charge in [0.05, 0.1) is 31.9 Å². The third-order valence-electron chi connectivity index (χ3n) is 12.9. The summed E-state index contributed by atoms with van der Waals surface area (Å²) >= 11 is 0. The highest BCUT2D eigenvalue weighted by Gasteiger charge is 2.65. The Morgan fingerprint density at radius 3 is 1.02 bits per heavy atom. The molecule has 4 fully saturated rings. The van der Waals surface area contributed by atoms with Crippen LogP contribution in [0.5, 0.6) is 0 Å². The number of nitrogens with zero attached hydrogens (tertiary/aromatic N) is 6. The van der Waals surface area contributed by atoms with E-state index in [4.69, 9.17) is 9.47 Å². The Labute approximate surface area is 389 Å². The summed E-state index contributed by atoms with van der Waals surface area (Å²) in [5.41, 5.74) is 3.57. The molecule has 4 heterocycles. The van der Waals surface area contributed by atoms with Crippen molar-refractivity contribution < 1.29 is 43.1 Å². The van der Waals surface area contributed by atoms with Crippen molar-refractivity contribution in [3.8, 4) is 0 Å². The van der Waals surface area contributed by atoms with E-state index >= 15 is 0 Å². The Kier molecular flexibility index (Phi) is 14.0. The van der Waals surface area contributed by atoms with Crippen LogP contribution in [0, 0.1) is 27.7 Å². The average Bonchev–Trinajstić information content (AvgIpc) is 4.04. The molecule has 66 heavy (non-hydrogen) atoms. The predicted octanol–water partition coefficient (Wildman–Crippen LogP) is 2.07. The number of hydrogen-bond donors (Lipinski definition) is 2. The SMILES string of the molecule is COC1C2N(CCN2S(=O)(=O)c2ccc(C)cc2)C(C2N(CCNS(=O)(=O)c3ccc(C)cc3)C(OC)C3N2CCN3S(=O)(=O)c2ccc(C)cc2)N1CCNS(=O)(=O)c1ccc(C)cc1. The Bertz CT molecular complexity index is 2630. The quantitative estimate of drug-likeness (QED) is 0.156. The van der Waals surface area contributed by atoms with Crippen LogP contribution in [0.15, 0.2) is 117 Å². The molecule has 22 heteroatoms. The fraction of sp³-hybridized carbons (Fsp3) is 0.455. The van der Waals surface area contributed by atoms with Crippen LogP contribution in [-0.2, 0) is 49.6 Å². The summed E-state index contributed by atoms with van der Waals surface area (Å²) in [5, 5.41) is 0. The molecule has 0 amide bonds. The number of hydrogen-bond acceptors (Lipinski definition) is 14. The summed E-state index contributed by atoms with van der Waals surface area (Å²) in [6.45, 7) is 7.97. The minimum atomic E-state index is -4.12. The summed E-state index contributed by atoms with van der Waals surface area (Å²) in [7, 11) is -13.2. The number of aryl methyl sites for hydroxylation is 4. The van der Waals surface area contributed by atoms with Crippen molar-refractivity contribution in [1.82, 2.24) is 37.7 Å². The Morgan fingerprint density at radius 2 is 0.727 bits per heavy atom. The Balaban J connectivity index is 1.20. The van der Waals surface area contributed by atoms with Gasteiger partial charge < -0.3 is 9.47 Å². The average molecular weight is 987 g/mol. The second-order valence-corrected chi connectivity index (χ2v) is 24.5. The van der Waals surface area contributed by atoms with Gasteiger partial charge in [0.2, 0.25) is 40.1 Å². The van der Waals surface area contributed by atoms with E-state index in [0.29, 0.717) is 0 Å². The van der Waals surface area contributed by atoms with Gasteiger partial charge in [-0.05, 0) is 76.2 Å². The number of fused-ring (bicyclic) bond motifs is 2. The lowest BCUT2D eigenvalue weighted by molar-refractivity contribution is -0.0857. The van der Waals surface area contributed by atoms with E-state index in [1.165, 1.54) is 47.1 Å². The predicted molar refractivity (Wildman–Crippen MR) is 246 cm³/mol. The molecule has 358 valence electrons. The van der Waals surface area contributed by atoms with Crippen LogP contribution in [-0.4, -0.2) is 166 Å². The van der Waals surface area contributed by atoms with Crippen molar-refractivity contribution in [2.45, 2.75) is 84.4 Å². The largest absolute Gasteiger partial charge is 0.363 e. The van der Waals surface area contributed by atoms with Crippen LogP contribution in [0.1, 0.15) is 22.3 Å². The van der Waals surface area contributed by atoms with Gasteiger partial charge in [0.1, 0.15) is 24.8 Å². The van der Waals surface area contributed by atoms with Gasteiger partial charge in [-0.15, -0.1) is 0 Å². The molecule has 4 saturated heterocycles. The zero-order valence-electron chi connectivity index (χ0n) is 37.8. The van der Waals surface area contributed by atoms with Gasteiger partial charge in [0.25, 0.3) is 0 Å². The molecule has 0 aromatic heterocycles. The Morgan fingerprint density at radius 1 is 0.439 bits per heavy atom. The van der Waals surface area contributed by atoms with Gasteiger partial charge in [-0.2, -0.15) is 8.61 Å². The third-order valence-corrected chi connectivity index (χ3v) is 19.7. The van der Waals surface area contributed by atoms with Crippen LogP contribution >= 0.6 is 0 Å². The number of methoxy groups -OCH3 is 2. The second kappa shape index (κ2) is 19.0. The first-order valence-electron chi connectivity index (χ1n) is 21.7. The highest BCUT2D eigenvalue weighted by Crippen LogP contribution is 2.45. The molecule has 4 aromatic rings. The van der Waals surface area contributed by atoms with Gasteiger partial charge >= 0.3 is 0 Å². The van der Waals surface area contributed by atoms with E-state index < -0.39 is 77.2 Å². The lowest BCUT2D eigenvalue weighted by Gasteiger charge is -2.42. The van der Waals surface area contributed by atoms with E-state index in [1.54, 1.807) is 72.8 Å². The van der Waals surface area contributed by atoms with Gasteiger partial charge in [0.15, 0.2) is 0 Å². The van der Waals surface area contributed by atoms with Crippen LogP contribution in [0.3, 0.4) is 0 Å². The van der Waals surface area contributed by atoms with Crippen molar-refractivity contribution in [3.63, 3.8) is 0 Å². The lowest BCUT2D eigenvalue weighted by Crippen LogP contribution is -2.61. The van der Waals surface area contributed by atoms with E-state index in [0.717, 1.165) is 22.3 Å². The van der Waals surface area contributed by atoms with Crippen LogP contribution in [0.2, 0.25) is 0 Å². The standard InChI is InChI=1S/C44H58N8O10S4/c1-31-7-15-35(16-8-31)63(53,54)45-23-25-49-39(47-27-29-51(41(47)43(49)61-5)65(57,58)37-19-11-33(3)12-20-37)40-48-28-30-52(66(59,60)38-21-13-34(4)14-22-38)42(48)44(62-6)50(40)26-24-46-64(55,56)36-17-9-32(2)10-18-36/h7-22,39-46H,23-30H2,1-6H3. The summed E-state index contributed by atoms with van der Waals surface area (Å²) < 4.78 is 134. The lowest BCUT2D eigenvalue weighted by atomic mass is 10.2. The number of rotatable bonds is 17. The van der Waals surface area contributed by atoms with Crippen LogP contribution in [0.25, 0.3) is 0 Å². The maximum atomic E-state index is 14.6. The number of benzene rings is 4. The molecule has 0 radical (unpaired) electrons. The van der Waals surface area contributed by atoms with Crippen molar-refractivity contribution in [2.24, 2.45) is 0 Å². The van der Waals surface area contributed by atoms with E-state index in [1.807, 2.05) is 47.3 Å². The highest BCUT2D eigenvalue weighted by molar-refractivity contribution is 7.90. The molecular weight excluding hydrogens is 929 g/mol. The first-order chi connectivity index (χ1) is 31.3. The molecule has 6 unspecified atom stereocenters. The molecule has 4 aromatic carbocycles. The molecule has 18 nitrogen and oxygen atoms in total. The van der Waals surface area contributed by atoms with E-state index in [2.05, 4.69) is 9.44 Å². The molecule has 6 atom stereocenters. The monoisotopic (exact) mass is 986 g/mol. The second-order valence-electron chi connectivity index (χ2n) is 17.1. The van der Waals surface area contributed by atoms with Crippen LogP contribution in [0.4, 0.5) is 0 Å². The van der Waals surface area contributed by atoms with Crippen molar-refractivity contribution in [3.05, 3.63) is 119 Å². The third kappa shape index (κ3) is 9.13. The zero-order chi connectivity index (χ0) is 47.3. The van der Waals surface area contributed by atoms with Crippen molar-refractivity contribution in [2.75, 3.05) is 66.6 Å². The Hall–Kier alpha value is -3.72. The van der Waals surface area contributed by atoms with Gasteiger partial charge in [-0.3, -0.25) is 19.6 Å². The molecule has 0 spiro atoms. The smallest absolute Gasteiger partial charge is 0.244 e. The topological polar surface area (TPSA) is 199 Å². The summed E-state index contributed by atoms with van der Waals surface area (Å²) in [4.78, 5) is 8.22. The normalized spacial score (nSPS) is 25.2. The molecule has 2 N–H and O–H groups in total. The minimum absolute atomic E-state index is 0.0333. The summed E-state index contributed by atoms with van der Waals surface area (Å²) in [6, 6.07) is 26.1. The fourth-order valence-electron chi connectivity index (χ4n) is 9.66. The highest BCUT2D eigenvalue weighted by atomic mass is 32.2. The maximum absolute atomic E-state index is 14.6. The van der Waals surface area contributed by atoms with Gasteiger partial charge in [-0.1, -0.05) is 70.8 Å². The minimum Gasteiger partial charge on any atom is -0.363 e. The molecular formula is C44H58N8O10S4. The number of sulfonamides is 4. The molecule has 0 saturated carbocycles. The number of nitrogens with one attached hydrogen (secondary N) is 2. The maximum Gasteiger partial charge on any atom is 0.244 e. The molecule has 4 aliphatic heterocycles. The zero-order valence-corrected chi connectivity index (χ0v) is 41.0. The van der Waals surface area contributed by atoms with E-state index in [-0.39, 0.29) is 71.9 Å². The van der Waals surface area contributed by atoms with Gasteiger partial charge in [-0.25, -0.2) is 43.1 Å².